The van der Waals surface area contributed by atoms with Crippen LogP contribution in [0.25, 0.3) is 0 Å². The Hall–Kier alpha value is -2.54. The number of azo groups is 2. The molecule has 0 N–H and O–H groups in total. The van der Waals surface area contributed by atoms with Crippen molar-refractivity contribution in [3.63, 3.8) is 0 Å². The van der Waals surface area contributed by atoms with Gasteiger partial charge in [0.05, 0.1) is 23.3 Å². The molecule has 42 heavy (non-hydrogen) atoms. The van der Waals surface area contributed by atoms with E-state index in [9.17, 15) is 0 Å². The van der Waals surface area contributed by atoms with Crippen molar-refractivity contribution in [1.29, 1.82) is 0 Å². The van der Waals surface area contributed by atoms with Crippen molar-refractivity contribution in [1.82, 2.24) is 0 Å². The first-order valence-corrected chi connectivity index (χ1v) is 15.9. The Labute approximate surface area is 279 Å². The van der Waals surface area contributed by atoms with E-state index in [2.05, 4.69) is 116 Å². The maximum atomic E-state index is 4.43. The molecule has 0 fully saturated rings. The Morgan fingerprint density at radius 1 is 0.571 bits per heavy atom. The Morgan fingerprint density at radius 3 is 1.29 bits per heavy atom. The third-order valence-electron chi connectivity index (χ3n) is 6.80. The largest absolute Gasteiger partial charge is 1.00 e. The maximum Gasteiger partial charge on any atom is 0.408 e. The van der Waals surface area contributed by atoms with Crippen molar-refractivity contribution in [2.24, 2.45) is 20.5 Å². The number of hydrogen-bond donors (Lipinski definition) is 0. The summed E-state index contributed by atoms with van der Waals surface area (Å²) >= 11 is 3.21. The Balaban J connectivity index is 0.00000308. The van der Waals surface area contributed by atoms with Gasteiger partial charge in [0.1, 0.15) is 23.8 Å². The van der Waals surface area contributed by atoms with Crippen molar-refractivity contribution in [3.8, 4) is 0 Å². The molecule has 0 aliphatic heterocycles. The van der Waals surface area contributed by atoms with E-state index in [4.69, 9.17) is 0 Å². The number of aromatic nitrogens is 2. The fraction of sp³-hybridized carbons (Fsp3) is 0.400. The molecule has 0 spiro atoms. The minimum Gasteiger partial charge on any atom is -1.00 e. The number of rotatable bonds is 15. The van der Waals surface area contributed by atoms with Gasteiger partial charge in [-0.1, -0.05) is 0 Å². The number of unbranched alkanes of at least 4 members (excludes halogenated alkanes) is 1. The highest BCUT2D eigenvalue weighted by atomic mass is 79.9. The smallest absolute Gasteiger partial charge is 0.408 e. The van der Waals surface area contributed by atoms with Crippen LogP contribution in [0.3, 0.4) is 0 Å². The molecule has 12 heteroatoms. The second kappa shape index (κ2) is 18.9. The summed E-state index contributed by atoms with van der Waals surface area (Å²) in [4.78, 5) is 4.86. The fourth-order valence-electron chi connectivity index (χ4n) is 4.44. The summed E-state index contributed by atoms with van der Waals surface area (Å²) in [5.74, 6) is 0. The summed E-state index contributed by atoms with van der Waals surface area (Å²) in [7, 11) is 0. The number of benzene rings is 2. The van der Waals surface area contributed by atoms with Gasteiger partial charge in [0.25, 0.3) is 0 Å². The van der Waals surface area contributed by atoms with Crippen LogP contribution in [0, 0.1) is 0 Å². The highest BCUT2D eigenvalue weighted by Crippen LogP contribution is 2.25. The van der Waals surface area contributed by atoms with Gasteiger partial charge in [-0.3, -0.25) is 0 Å². The number of anilines is 2. The molecule has 2 aromatic heterocycles. The minimum absolute atomic E-state index is 0. The van der Waals surface area contributed by atoms with Crippen LogP contribution in [0.4, 0.5) is 33.0 Å². The molecule has 0 aliphatic carbocycles. The van der Waals surface area contributed by atoms with E-state index < -0.39 is 0 Å². The van der Waals surface area contributed by atoms with Gasteiger partial charge in [-0.25, -0.2) is 9.13 Å². The number of nitrogens with zero attached hydrogens (tertiary/aromatic N) is 8. The van der Waals surface area contributed by atoms with Crippen LogP contribution in [0.1, 0.15) is 40.5 Å². The summed E-state index contributed by atoms with van der Waals surface area (Å²) in [6, 6.07) is 16.8. The van der Waals surface area contributed by atoms with E-state index in [0.29, 0.717) is 0 Å². The van der Waals surface area contributed by atoms with Crippen LogP contribution < -0.4 is 52.9 Å². The van der Waals surface area contributed by atoms with Crippen molar-refractivity contribution >= 4 is 55.7 Å². The lowest BCUT2D eigenvalue weighted by molar-refractivity contribution is -0.677. The van der Waals surface area contributed by atoms with Crippen LogP contribution in [-0.2, 0) is 13.1 Å². The number of aryl methyl sites for hydroxylation is 2. The average molecular weight is 737 g/mol. The van der Waals surface area contributed by atoms with Crippen molar-refractivity contribution in [2.45, 2.75) is 53.6 Å². The van der Waals surface area contributed by atoms with Gasteiger partial charge in [-0.05, 0) is 122 Å². The minimum atomic E-state index is 0. The lowest BCUT2D eigenvalue weighted by atomic mass is 10.2. The predicted octanol–water partition coefficient (Wildman–Crippen LogP) is 2.40. The molecule has 0 amide bonds. The first kappa shape index (κ1) is 35.7. The van der Waals surface area contributed by atoms with Crippen LogP contribution in [0.15, 0.2) is 92.1 Å². The Morgan fingerprint density at radius 2 is 0.952 bits per heavy atom. The van der Waals surface area contributed by atoms with Gasteiger partial charge in [0.2, 0.25) is 0 Å². The van der Waals surface area contributed by atoms with Crippen LogP contribution in [-0.4, -0.2) is 26.2 Å². The molecule has 8 nitrogen and oxygen atoms in total. The Bertz CT molecular complexity index is 1260. The van der Waals surface area contributed by atoms with E-state index >= 15 is 0 Å². The molecule has 0 unspecified atom stereocenters. The molecule has 2 heterocycles. The molecule has 0 aliphatic rings. The van der Waals surface area contributed by atoms with Crippen LogP contribution in [0.5, 0.6) is 0 Å². The van der Waals surface area contributed by atoms with Gasteiger partial charge in [0.15, 0.2) is 0 Å². The lowest BCUT2D eigenvalue weighted by Gasteiger charge is -2.26. The van der Waals surface area contributed by atoms with Crippen LogP contribution >= 0.6 is 22.7 Å². The first-order chi connectivity index (χ1) is 19.6. The van der Waals surface area contributed by atoms with E-state index in [1.807, 2.05) is 23.2 Å². The highest BCUT2D eigenvalue weighted by molar-refractivity contribution is 7.13. The van der Waals surface area contributed by atoms with E-state index in [1.165, 1.54) is 11.4 Å². The predicted molar refractivity (Wildman–Crippen MR) is 167 cm³/mol. The normalized spacial score (nSPS) is 11.0. The van der Waals surface area contributed by atoms with Gasteiger partial charge in [0, 0.05) is 48.3 Å². The van der Waals surface area contributed by atoms with E-state index in [1.54, 1.807) is 22.7 Å². The molecule has 0 radical (unpaired) electrons. The fourth-order valence-corrected chi connectivity index (χ4v) is 5.93. The van der Waals surface area contributed by atoms with Gasteiger partial charge >= 0.3 is 10.3 Å². The third kappa shape index (κ3) is 10.0. The molecule has 226 valence electrons. The van der Waals surface area contributed by atoms with Crippen molar-refractivity contribution < 1.29 is 43.1 Å². The van der Waals surface area contributed by atoms with E-state index in [-0.39, 0.29) is 34.0 Å². The summed E-state index contributed by atoms with van der Waals surface area (Å²) in [5, 5.41) is 23.6. The third-order valence-corrected chi connectivity index (χ3v) is 8.37. The number of hydrogen-bond acceptors (Lipinski definition) is 8. The zero-order valence-corrected chi connectivity index (χ0v) is 29.5. The van der Waals surface area contributed by atoms with Gasteiger partial charge in [-0.2, -0.15) is 0 Å². The molecule has 0 atom stereocenters. The van der Waals surface area contributed by atoms with Gasteiger partial charge in [-0.15, -0.1) is 0 Å². The summed E-state index contributed by atoms with van der Waals surface area (Å²) in [6.45, 7) is 14.4. The first-order valence-electron chi connectivity index (χ1n) is 14.1. The molecule has 4 rings (SSSR count). The molecular formula is C30H40Br2N8S2. The standard InChI is InChI=1S/C30H40N8S2.2BrH/c1-5-35(27-15-11-25(12-16-27)31-33-29-37(7-3)21-23-39-29)19-9-10-20-36(6-2)28-17-13-26(14-18-28)32-34-30-38(8-4)22-24-40-30;;/h11-18,21-24H,5-10,19-20H2,1-4H3;2*1H/q+2;;/p-2. The van der Waals surface area contributed by atoms with Crippen molar-refractivity contribution in [2.75, 3.05) is 36.0 Å². The zero-order chi connectivity index (χ0) is 28.2. The van der Waals surface area contributed by atoms with Crippen molar-refractivity contribution in [3.05, 3.63) is 71.7 Å². The van der Waals surface area contributed by atoms with Gasteiger partial charge < -0.3 is 43.8 Å². The SMILES string of the molecule is CCN(CCCCN(CC)c1ccc(N=Nc2scc[n+]2CC)cc1)c1ccc(N=Nc2scc[n+]2CC)cc1.[Br-].[Br-]. The zero-order valence-electron chi connectivity index (χ0n) is 24.7. The molecule has 0 bridgehead atoms. The highest BCUT2D eigenvalue weighted by Gasteiger charge is 2.12. The quantitative estimate of drug-likeness (QED) is 0.107. The summed E-state index contributed by atoms with van der Waals surface area (Å²) in [5.41, 5.74) is 4.20. The molecule has 0 saturated heterocycles. The lowest BCUT2D eigenvalue weighted by Crippen LogP contribution is -3.00. The summed E-state index contributed by atoms with van der Waals surface area (Å²) in [6.07, 6.45) is 6.34. The summed E-state index contributed by atoms with van der Waals surface area (Å²) < 4.78 is 4.19. The number of thiazole rings is 2. The second-order valence-corrected chi connectivity index (χ2v) is 11.0. The molecule has 4 aromatic rings. The molecule has 2 aromatic carbocycles. The van der Waals surface area contributed by atoms with E-state index in [0.717, 1.165) is 73.7 Å². The van der Waals surface area contributed by atoms with Crippen LogP contribution in [0.2, 0.25) is 0 Å². The molecular weight excluding hydrogens is 696 g/mol. The second-order valence-electron chi connectivity index (χ2n) is 9.24. The maximum absolute atomic E-state index is 4.43. The Kier molecular flexibility index (Phi) is 16.0. The topological polar surface area (TPSA) is 63.7 Å². The average Bonchev–Trinajstić information content (AvgIpc) is 3.66. The molecule has 0 saturated carbocycles. The monoisotopic (exact) mass is 734 g/mol. The number of halogens is 2.